The Morgan fingerprint density at radius 2 is 0.841 bits per heavy atom. The molecule has 0 aliphatic rings. The Morgan fingerprint density at radius 1 is 0.286 bits per heavy atom. The van der Waals surface area contributed by atoms with Gasteiger partial charge < -0.3 is 4.42 Å². The zero-order valence-corrected chi connectivity index (χ0v) is 34.0. The third-order valence-corrected chi connectivity index (χ3v) is 12.6. The van der Waals surface area contributed by atoms with Gasteiger partial charge in [0.05, 0.1) is 34.3 Å². The summed E-state index contributed by atoms with van der Waals surface area (Å²) in [7, 11) is 0. The summed E-state index contributed by atoms with van der Waals surface area (Å²) in [5, 5.41) is 11.6. The molecule has 3 heterocycles. The molecule has 0 amide bonds. The maximum atomic E-state index is 6.39. The first-order valence-electron chi connectivity index (χ1n) is 21.3. The Balaban J connectivity index is 1.08. The third kappa shape index (κ3) is 5.80. The van der Waals surface area contributed by atoms with Crippen molar-refractivity contribution in [2.45, 2.75) is 0 Å². The molecule has 0 saturated carbocycles. The van der Waals surface area contributed by atoms with Gasteiger partial charge in [-0.25, -0.2) is 9.97 Å². The molecule has 0 aliphatic carbocycles. The Labute approximate surface area is 362 Å². The molecule has 63 heavy (non-hydrogen) atoms. The fraction of sp³-hybridized carbons (Fsp3) is 0. The lowest BCUT2D eigenvalue weighted by Crippen LogP contribution is -1.95. The highest BCUT2D eigenvalue weighted by Gasteiger charge is 2.18. The average Bonchev–Trinajstić information content (AvgIpc) is 3.74. The number of fused-ring (bicyclic) bond motifs is 12. The second-order valence-electron chi connectivity index (χ2n) is 16.3. The number of furan rings is 1. The van der Waals surface area contributed by atoms with Crippen molar-refractivity contribution in [1.82, 2.24) is 15.0 Å². The highest BCUT2D eigenvalue weighted by molar-refractivity contribution is 6.23. The second kappa shape index (κ2) is 14.1. The molecular weight excluding hydrogens is 767 g/mol. The van der Waals surface area contributed by atoms with Gasteiger partial charge in [0.15, 0.2) is 0 Å². The van der Waals surface area contributed by atoms with E-state index < -0.39 is 0 Å². The van der Waals surface area contributed by atoms with Crippen molar-refractivity contribution < 1.29 is 4.42 Å². The van der Waals surface area contributed by atoms with Gasteiger partial charge in [0.25, 0.3) is 0 Å². The fourth-order valence-corrected chi connectivity index (χ4v) is 9.64. The first kappa shape index (κ1) is 35.3. The van der Waals surface area contributed by atoms with E-state index >= 15 is 0 Å². The van der Waals surface area contributed by atoms with E-state index in [9.17, 15) is 0 Å². The molecule has 292 valence electrons. The average molecular weight is 802 g/mol. The molecule has 0 bridgehead atoms. The number of aromatic nitrogens is 3. The number of benzene rings is 10. The second-order valence-corrected chi connectivity index (χ2v) is 16.3. The van der Waals surface area contributed by atoms with E-state index in [4.69, 9.17) is 19.4 Å². The van der Waals surface area contributed by atoms with Crippen LogP contribution in [0.4, 0.5) is 0 Å². The van der Waals surface area contributed by atoms with Gasteiger partial charge in [-0.2, -0.15) is 0 Å². The van der Waals surface area contributed by atoms with Gasteiger partial charge in [0.2, 0.25) is 0 Å². The van der Waals surface area contributed by atoms with Crippen LogP contribution in [0.25, 0.3) is 132 Å². The number of hydrogen-bond donors (Lipinski definition) is 0. The van der Waals surface area contributed by atoms with Crippen LogP contribution in [0.2, 0.25) is 0 Å². The van der Waals surface area contributed by atoms with Gasteiger partial charge in [-0.3, -0.25) is 4.98 Å². The molecule has 0 unspecified atom stereocenters. The minimum absolute atomic E-state index is 0.797. The van der Waals surface area contributed by atoms with Crippen LogP contribution in [0.3, 0.4) is 0 Å². The smallest absolute Gasteiger partial charge is 0.136 e. The zero-order valence-electron chi connectivity index (χ0n) is 34.0. The molecule has 4 heteroatoms. The number of rotatable bonds is 5. The molecule has 13 rings (SSSR count). The van der Waals surface area contributed by atoms with E-state index in [1.165, 1.54) is 32.3 Å². The van der Waals surface area contributed by atoms with Crippen molar-refractivity contribution in [1.29, 1.82) is 0 Å². The summed E-state index contributed by atoms with van der Waals surface area (Å²) < 4.78 is 6.39. The van der Waals surface area contributed by atoms with Crippen molar-refractivity contribution in [2.24, 2.45) is 0 Å². The van der Waals surface area contributed by atoms with E-state index in [2.05, 4.69) is 188 Å². The Kier molecular flexibility index (Phi) is 7.87. The van der Waals surface area contributed by atoms with Gasteiger partial charge in [-0.05, 0) is 109 Å². The minimum Gasteiger partial charge on any atom is -0.456 e. The number of para-hydroxylation sites is 1. The minimum atomic E-state index is 0.797. The van der Waals surface area contributed by atoms with Crippen LogP contribution in [0.1, 0.15) is 0 Å². The lowest BCUT2D eigenvalue weighted by atomic mass is 9.90. The maximum absolute atomic E-state index is 6.39. The largest absolute Gasteiger partial charge is 0.456 e. The Bertz CT molecular complexity index is 3950. The summed E-state index contributed by atoms with van der Waals surface area (Å²) in [6, 6.07) is 73.1. The first-order chi connectivity index (χ1) is 31.2. The van der Waals surface area contributed by atoms with E-state index in [0.29, 0.717) is 0 Å². The van der Waals surface area contributed by atoms with Crippen LogP contribution in [-0.4, -0.2) is 15.0 Å². The molecular formula is C59H35N3O. The van der Waals surface area contributed by atoms with E-state index in [1.54, 1.807) is 0 Å². The van der Waals surface area contributed by atoms with Crippen molar-refractivity contribution in [2.75, 3.05) is 0 Å². The first-order valence-corrected chi connectivity index (χ1v) is 21.3. The van der Waals surface area contributed by atoms with Crippen LogP contribution in [0.5, 0.6) is 0 Å². The summed E-state index contributed by atoms with van der Waals surface area (Å²) in [6.45, 7) is 0. The number of nitrogens with zero attached hydrogens (tertiary/aromatic N) is 3. The van der Waals surface area contributed by atoms with Crippen LogP contribution in [0, 0.1) is 0 Å². The predicted molar refractivity (Wildman–Crippen MR) is 262 cm³/mol. The van der Waals surface area contributed by atoms with Crippen molar-refractivity contribution in [3.63, 3.8) is 0 Å². The van der Waals surface area contributed by atoms with Gasteiger partial charge in [-0.15, -0.1) is 0 Å². The molecule has 0 radical (unpaired) electrons. The van der Waals surface area contributed by atoms with E-state index in [-0.39, 0.29) is 0 Å². The van der Waals surface area contributed by atoms with Gasteiger partial charge in [0.1, 0.15) is 11.2 Å². The number of pyridine rings is 1. The predicted octanol–water partition coefficient (Wildman–Crippen LogP) is 15.9. The van der Waals surface area contributed by atoms with E-state index in [1.807, 2.05) is 24.4 Å². The highest BCUT2D eigenvalue weighted by atomic mass is 16.3. The topological polar surface area (TPSA) is 51.8 Å². The Hall–Kier alpha value is -8.47. The summed E-state index contributed by atoms with van der Waals surface area (Å²) in [5.41, 5.74) is 13.4. The molecule has 0 spiro atoms. The SMILES string of the molecule is c1ccc(-c2cc(-c3ccc4c(c3)oc3ccccc34)cc(-c3cc(-c4cnc5c6ccccc6c6ccccc6c5n4)cc(-c4cc5ccccc5c5ccccc45)c3)n2)cc1. The van der Waals surface area contributed by atoms with Gasteiger partial charge in [0, 0.05) is 38.2 Å². The molecule has 3 aromatic heterocycles. The van der Waals surface area contributed by atoms with Gasteiger partial charge in [-0.1, -0.05) is 152 Å². The fourth-order valence-electron chi connectivity index (χ4n) is 9.64. The lowest BCUT2D eigenvalue weighted by molar-refractivity contribution is 0.669. The molecule has 0 saturated heterocycles. The molecule has 0 aliphatic heterocycles. The van der Waals surface area contributed by atoms with Crippen LogP contribution < -0.4 is 0 Å². The maximum Gasteiger partial charge on any atom is 0.136 e. The summed E-state index contributed by atoms with van der Waals surface area (Å²) in [6.07, 6.45) is 1.94. The lowest BCUT2D eigenvalue weighted by Gasteiger charge is -2.16. The van der Waals surface area contributed by atoms with Crippen molar-refractivity contribution in [3.05, 3.63) is 212 Å². The normalized spacial score (nSPS) is 11.8. The standard InChI is InChI=1S/C59H35N3O/c1-2-14-36(15-3-1)53-32-39(37-26-27-49-48-22-12-13-25-56(48)63-57(49)34-37)33-54(61-53)41-28-40(52-31-38-16-4-5-17-43(38)44-18-6-7-21-47(44)52)29-42(30-41)55-35-60-58-50-23-10-8-19-45(50)46-20-9-11-24-51(46)59(58)62-55/h1-35H. The molecule has 0 N–H and O–H groups in total. The quantitative estimate of drug-likeness (QED) is 0.163. The van der Waals surface area contributed by atoms with Crippen molar-refractivity contribution in [3.8, 4) is 56.0 Å². The monoisotopic (exact) mass is 801 g/mol. The zero-order chi connectivity index (χ0) is 41.4. The van der Waals surface area contributed by atoms with Crippen LogP contribution in [-0.2, 0) is 0 Å². The van der Waals surface area contributed by atoms with Crippen LogP contribution >= 0.6 is 0 Å². The molecule has 4 nitrogen and oxygen atoms in total. The molecule has 0 fully saturated rings. The van der Waals surface area contributed by atoms with Gasteiger partial charge >= 0.3 is 0 Å². The molecule has 10 aromatic carbocycles. The molecule has 13 aromatic rings. The summed E-state index contributed by atoms with van der Waals surface area (Å²) in [4.78, 5) is 16.1. The number of hydrogen-bond acceptors (Lipinski definition) is 4. The highest BCUT2D eigenvalue weighted by Crippen LogP contribution is 2.41. The third-order valence-electron chi connectivity index (χ3n) is 12.6. The Morgan fingerprint density at radius 3 is 1.60 bits per heavy atom. The van der Waals surface area contributed by atoms with Crippen LogP contribution in [0.15, 0.2) is 217 Å². The molecule has 0 atom stereocenters. The summed E-state index contributed by atoms with van der Waals surface area (Å²) in [5.74, 6) is 0. The van der Waals surface area contributed by atoms with E-state index in [0.717, 1.165) is 99.8 Å². The summed E-state index contributed by atoms with van der Waals surface area (Å²) >= 11 is 0. The van der Waals surface area contributed by atoms with Crippen molar-refractivity contribution >= 4 is 76.1 Å².